The van der Waals surface area contributed by atoms with Crippen LogP contribution in [0.1, 0.15) is 24.2 Å². The number of benzene rings is 1. The van der Waals surface area contributed by atoms with Crippen LogP contribution in [0.5, 0.6) is 0 Å². The molecule has 1 atom stereocenters. The van der Waals surface area contributed by atoms with Gasteiger partial charge in [0, 0.05) is 42.1 Å². The van der Waals surface area contributed by atoms with Crippen molar-refractivity contribution in [1.82, 2.24) is 19.7 Å². The lowest BCUT2D eigenvalue weighted by molar-refractivity contribution is 0.0937. The Morgan fingerprint density at radius 1 is 1.32 bits per heavy atom. The molecule has 0 aliphatic carbocycles. The molecule has 2 aromatic heterocycles. The average molecular weight is 296 g/mol. The molecule has 0 fully saturated rings. The largest absolute Gasteiger partial charge is 0.348 e. The number of aromatic nitrogens is 3. The van der Waals surface area contributed by atoms with E-state index in [1.54, 1.807) is 6.20 Å². The summed E-state index contributed by atoms with van der Waals surface area (Å²) in [5.74, 6) is -0.0388. The second kappa shape index (κ2) is 6.05. The van der Waals surface area contributed by atoms with Crippen molar-refractivity contribution in [3.8, 4) is 0 Å². The van der Waals surface area contributed by atoms with Crippen LogP contribution < -0.4 is 5.32 Å². The van der Waals surface area contributed by atoms with Crippen molar-refractivity contribution in [1.29, 1.82) is 0 Å². The van der Waals surface area contributed by atoms with E-state index in [1.807, 2.05) is 54.3 Å². The number of fused-ring (bicyclic) bond motifs is 1. The topological polar surface area (TPSA) is 51.9 Å². The van der Waals surface area contributed by atoms with Crippen molar-refractivity contribution in [3.05, 3.63) is 54.5 Å². The van der Waals surface area contributed by atoms with Gasteiger partial charge >= 0.3 is 0 Å². The van der Waals surface area contributed by atoms with E-state index in [4.69, 9.17) is 0 Å². The molecule has 5 heteroatoms. The summed E-state index contributed by atoms with van der Waals surface area (Å²) in [6.45, 7) is 5.56. The van der Waals surface area contributed by atoms with Gasteiger partial charge in [0.15, 0.2) is 0 Å². The number of hydrogen-bond acceptors (Lipinski definition) is 2. The summed E-state index contributed by atoms with van der Waals surface area (Å²) in [6.07, 6.45) is 5.57. The van der Waals surface area contributed by atoms with Crippen LogP contribution in [-0.4, -0.2) is 26.3 Å². The zero-order valence-corrected chi connectivity index (χ0v) is 12.9. The minimum Gasteiger partial charge on any atom is -0.348 e. The van der Waals surface area contributed by atoms with Gasteiger partial charge in [0.05, 0.1) is 12.1 Å². The molecule has 5 nitrogen and oxygen atoms in total. The number of carbonyl (C=O) groups is 1. The predicted octanol–water partition coefficient (Wildman–Crippen LogP) is 2.68. The first-order chi connectivity index (χ1) is 10.7. The average Bonchev–Trinajstić information content (AvgIpc) is 3.14. The fraction of sp³-hybridized carbons (Fsp3) is 0.294. The highest BCUT2D eigenvalue weighted by molar-refractivity contribution is 6.07. The Hall–Kier alpha value is -2.56. The summed E-state index contributed by atoms with van der Waals surface area (Å²) in [4.78, 5) is 12.6. The molecule has 1 amide bonds. The maximum Gasteiger partial charge on any atom is 0.253 e. The van der Waals surface area contributed by atoms with Crippen molar-refractivity contribution in [2.45, 2.75) is 33.0 Å². The SMILES string of the molecule is CCn1cc(C(=O)N[C@@H](C)Cn2cccn2)c2ccccc21. The Bertz CT molecular complexity index is 773. The van der Waals surface area contributed by atoms with Gasteiger partial charge < -0.3 is 9.88 Å². The number of para-hydroxylation sites is 1. The zero-order chi connectivity index (χ0) is 15.5. The van der Waals surface area contributed by atoms with E-state index in [0.29, 0.717) is 6.54 Å². The molecule has 2 heterocycles. The van der Waals surface area contributed by atoms with Gasteiger partial charge in [0.1, 0.15) is 0 Å². The molecule has 114 valence electrons. The molecule has 0 bridgehead atoms. The van der Waals surface area contributed by atoms with Gasteiger partial charge in [-0.15, -0.1) is 0 Å². The summed E-state index contributed by atoms with van der Waals surface area (Å²) in [5, 5.41) is 8.21. The van der Waals surface area contributed by atoms with Crippen molar-refractivity contribution < 1.29 is 4.79 Å². The van der Waals surface area contributed by atoms with E-state index in [2.05, 4.69) is 21.9 Å². The Labute approximate surface area is 129 Å². The molecular formula is C17H20N4O. The van der Waals surface area contributed by atoms with Gasteiger partial charge in [-0.3, -0.25) is 9.48 Å². The number of hydrogen-bond donors (Lipinski definition) is 1. The number of carbonyl (C=O) groups excluding carboxylic acids is 1. The van der Waals surface area contributed by atoms with Gasteiger partial charge in [-0.2, -0.15) is 5.10 Å². The Morgan fingerprint density at radius 2 is 2.14 bits per heavy atom. The summed E-state index contributed by atoms with van der Waals surface area (Å²) < 4.78 is 3.92. The van der Waals surface area contributed by atoms with E-state index in [-0.39, 0.29) is 11.9 Å². The van der Waals surface area contributed by atoms with Crippen LogP contribution >= 0.6 is 0 Å². The lowest BCUT2D eigenvalue weighted by atomic mass is 10.1. The predicted molar refractivity (Wildman–Crippen MR) is 86.8 cm³/mol. The van der Waals surface area contributed by atoms with E-state index in [0.717, 1.165) is 23.0 Å². The van der Waals surface area contributed by atoms with E-state index >= 15 is 0 Å². The van der Waals surface area contributed by atoms with Crippen molar-refractivity contribution in [2.75, 3.05) is 0 Å². The van der Waals surface area contributed by atoms with Crippen molar-refractivity contribution in [2.24, 2.45) is 0 Å². The van der Waals surface area contributed by atoms with Crippen LogP contribution in [0.3, 0.4) is 0 Å². The van der Waals surface area contributed by atoms with Crippen LogP contribution in [0, 0.1) is 0 Å². The first kappa shape index (κ1) is 14.4. The first-order valence-corrected chi connectivity index (χ1v) is 7.55. The summed E-state index contributed by atoms with van der Waals surface area (Å²) in [6, 6.07) is 9.89. The number of nitrogens with one attached hydrogen (secondary N) is 1. The second-order valence-corrected chi connectivity index (χ2v) is 5.45. The number of rotatable bonds is 5. The smallest absolute Gasteiger partial charge is 0.253 e. The summed E-state index contributed by atoms with van der Waals surface area (Å²) in [5.41, 5.74) is 1.82. The molecular weight excluding hydrogens is 276 g/mol. The minimum absolute atomic E-state index is 0.0103. The Morgan fingerprint density at radius 3 is 2.86 bits per heavy atom. The zero-order valence-electron chi connectivity index (χ0n) is 12.9. The summed E-state index contributed by atoms with van der Waals surface area (Å²) in [7, 11) is 0. The molecule has 1 N–H and O–H groups in total. The van der Waals surface area contributed by atoms with Crippen molar-refractivity contribution in [3.63, 3.8) is 0 Å². The van der Waals surface area contributed by atoms with Gasteiger partial charge in [0.2, 0.25) is 0 Å². The van der Waals surface area contributed by atoms with Gasteiger partial charge in [0.25, 0.3) is 5.91 Å². The third-order valence-corrected chi connectivity index (χ3v) is 3.77. The second-order valence-electron chi connectivity index (χ2n) is 5.45. The monoisotopic (exact) mass is 296 g/mol. The van der Waals surface area contributed by atoms with Crippen molar-refractivity contribution >= 4 is 16.8 Å². The van der Waals surface area contributed by atoms with Crippen LogP contribution in [0.4, 0.5) is 0 Å². The van der Waals surface area contributed by atoms with E-state index < -0.39 is 0 Å². The molecule has 3 aromatic rings. The van der Waals surface area contributed by atoms with Gasteiger partial charge in [-0.05, 0) is 26.0 Å². The van der Waals surface area contributed by atoms with E-state index in [1.165, 1.54) is 0 Å². The first-order valence-electron chi connectivity index (χ1n) is 7.55. The standard InChI is InChI=1S/C17H20N4O/c1-3-20-12-15(14-7-4-5-8-16(14)20)17(22)19-13(2)11-21-10-6-9-18-21/h4-10,12-13H,3,11H2,1-2H3,(H,19,22)/t13-/m0/s1. The van der Waals surface area contributed by atoms with E-state index in [9.17, 15) is 4.79 Å². The third-order valence-electron chi connectivity index (χ3n) is 3.77. The lowest BCUT2D eigenvalue weighted by Gasteiger charge is -2.13. The highest BCUT2D eigenvalue weighted by Gasteiger charge is 2.16. The molecule has 0 aliphatic rings. The molecule has 0 aliphatic heterocycles. The highest BCUT2D eigenvalue weighted by atomic mass is 16.1. The minimum atomic E-state index is -0.0388. The maximum absolute atomic E-state index is 12.6. The van der Waals surface area contributed by atoms with Gasteiger partial charge in [-0.1, -0.05) is 18.2 Å². The molecule has 0 saturated carbocycles. The fourth-order valence-electron chi connectivity index (χ4n) is 2.73. The number of amides is 1. The molecule has 0 saturated heterocycles. The Kier molecular flexibility index (Phi) is 3.96. The van der Waals surface area contributed by atoms with Crippen LogP contribution in [0.15, 0.2) is 48.9 Å². The summed E-state index contributed by atoms with van der Waals surface area (Å²) >= 11 is 0. The molecule has 0 radical (unpaired) electrons. The molecule has 1 aromatic carbocycles. The Balaban J connectivity index is 1.80. The van der Waals surface area contributed by atoms with Gasteiger partial charge in [-0.25, -0.2) is 0 Å². The molecule has 3 rings (SSSR count). The maximum atomic E-state index is 12.6. The third kappa shape index (κ3) is 2.74. The van der Waals surface area contributed by atoms with Crippen LogP contribution in [0.25, 0.3) is 10.9 Å². The van der Waals surface area contributed by atoms with Crippen LogP contribution in [0.2, 0.25) is 0 Å². The lowest BCUT2D eigenvalue weighted by Crippen LogP contribution is -2.35. The number of aryl methyl sites for hydroxylation is 1. The molecule has 0 spiro atoms. The number of nitrogens with zero attached hydrogens (tertiary/aromatic N) is 3. The highest BCUT2D eigenvalue weighted by Crippen LogP contribution is 2.21. The fourth-order valence-corrected chi connectivity index (χ4v) is 2.73. The van der Waals surface area contributed by atoms with Crippen LogP contribution in [-0.2, 0) is 13.1 Å². The molecule has 0 unspecified atom stereocenters. The molecule has 22 heavy (non-hydrogen) atoms. The normalized spacial score (nSPS) is 12.5. The quantitative estimate of drug-likeness (QED) is 0.787.